The van der Waals surface area contributed by atoms with E-state index >= 15 is 0 Å². The van der Waals surface area contributed by atoms with Gasteiger partial charge in [-0.1, -0.05) is 18.5 Å². The predicted molar refractivity (Wildman–Crippen MR) is 48.3 cm³/mol. The maximum absolute atomic E-state index is 9.73. The Balaban J connectivity index is 3.07. The van der Waals surface area contributed by atoms with Crippen molar-refractivity contribution >= 4 is 9.24 Å². The summed E-state index contributed by atoms with van der Waals surface area (Å²) in [5.41, 5.74) is 0. The lowest BCUT2D eigenvalue weighted by Gasteiger charge is -2.06. The molecule has 0 rings (SSSR count). The van der Waals surface area contributed by atoms with Crippen LogP contribution in [0.2, 0.25) is 0 Å². The van der Waals surface area contributed by atoms with Crippen molar-refractivity contribution < 1.29 is 0 Å². The highest BCUT2D eigenvalue weighted by atomic mass is 31.0. The average molecular weight is 161 g/mol. The van der Waals surface area contributed by atoms with Gasteiger partial charge in [0.1, 0.15) is 0 Å². The lowest BCUT2D eigenvalue weighted by Crippen LogP contribution is -1.96. The Labute approximate surface area is 65.0 Å². The van der Waals surface area contributed by atoms with Gasteiger partial charge in [0.2, 0.25) is 0 Å². The van der Waals surface area contributed by atoms with Crippen LogP contribution in [-0.2, 0) is 0 Å². The second kappa shape index (κ2) is 7.14. The molecule has 0 saturated carbocycles. The lowest BCUT2D eigenvalue weighted by molar-refractivity contribution is 0.495. The molecule has 0 bridgehead atoms. The van der Waals surface area contributed by atoms with Crippen LogP contribution in [0.15, 0.2) is 5.18 Å². The summed E-state index contributed by atoms with van der Waals surface area (Å²) in [4.78, 5) is 9.73. The Hall–Kier alpha value is 0.0300. The molecule has 0 N–H and O–H groups in total. The predicted octanol–water partition coefficient (Wildman–Crippen LogP) is 2.43. The molecule has 60 valence electrons. The van der Waals surface area contributed by atoms with Crippen molar-refractivity contribution in [3.05, 3.63) is 4.91 Å². The van der Waals surface area contributed by atoms with Crippen molar-refractivity contribution in [2.45, 2.75) is 26.2 Å². The first-order valence-corrected chi connectivity index (χ1v) is 4.62. The normalized spacial score (nSPS) is 13.0. The third-order valence-electron chi connectivity index (χ3n) is 1.61. The molecule has 0 spiro atoms. The van der Waals surface area contributed by atoms with Crippen molar-refractivity contribution in [3.63, 3.8) is 0 Å². The third-order valence-corrected chi connectivity index (χ3v) is 2.02. The summed E-state index contributed by atoms with van der Waals surface area (Å²) in [6.07, 6.45) is 4.58. The molecule has 0 aliphatic heterocycles. The molecule has 2 unspecified atom stereocenters. The highest BCUT2D eigenvalue weighted by Gasteiger charge is 1.99. The fraction of sp³-hybridized carbons (Fsp3) is 1.00. The zero-order chi connectivity index (χ0) is 7.82. The highest BCUT2D eigenvalue weighted by Crippen LogP contribution is 2.10. The van der Waals surface area contributed by atoms with Crippen molar-refractivity contribution in [2.24, 2.45) is 11.1 Å². The Kier molecular flexibility index (Phi) is 7.16. The van der Waals surface area contributed by atoms with Crippen molar-refractivity contribution in [3.8, 4) is 0 Å². The van der Waals surface area contributed by atoms with E-state index in [1.165, 1.54) is 19.0 Å². The molecule has 2 nitrogen and oxygen atoms in total. The zero-order valence-corrected chi connectivity index (χ0v) is 7.70. The van der Waals surface area contributed by atoms with Crippen LogP contribution in [0.25, 0.3) is 0 Å². The van der Waals surface area contributed by atoms with Crippen LogP contribution in [0.5, 0.6) is 0 Å². The van der Waals surface area contributed by atoms with Crippen LogP contribution in [-0.4, -0.2) is 12.7 Å². The molecule has 0 saturated heterocycles. The molecule has 0 aliphatic carbocycles. The quantitative estimate of drug-likeness (QED) is 0.434. The van der Waals surface area contributed by atoms with Crippen molar-refractivity contribution in [1.29, 1.82) is 0 Å². The van der Waals surface area contributed by atoms with Gasteiger partial charge in [-0.3, -0.25) is 0 Å². The van der Waals surface area contributed by atoms with Crippen LogP contribution >= 0.6 is 9.24 Å². The van der Waals surface area contributed by atoms with Crippen LogP contribution in [0, 0.1) is 10.8 Å². The molecule has 2 atom stereocenters. The van der Waals surface area contributed by atoms with E-state index in [9.17, 15) is 4.91 Å². The SMILES string of the molecule is CC(CCCP)CCN=O. The molecule has 0 aromatic heterocycles. The minimum Gasteiger partial charge on any atom is -0.151 e. The molecular weight excluding hydrogens is 145 g/mol. The Morgan fingerprint density at radius 3 is 2.70 bits per heavy atom. The minimum atomic E-state index is 0.484. The molecule has 0 aromatic carbocycles. The average Bonchev–Trinajstić information content (AvgIpc) is 1.97. The van der Waals surface area contributed by atoms with Gasteiger partial charge < -0.3 is 0 Å². The summed E-state index contributed by atoms with van der Waals surface area (Å²) < 4.78 is 0. The second-order valence-electron chi connectivity index (χ2n) is 2.68. The number of nitrogens with zero attached hydrogens (tertiary/aromatic N) is 1. The van der Waals surface area contributed by atoms with Gasteiger partial charge in [-0.25, -0.2) is 0 Å². The van der Waals surface area contributed by atoms with Gasteiger partial charge in [-0.2, -0.15) is 4.91 Å². The number of hydrogen-bond donors (Lipinski definition) is 0. The zero-order valence-electron chi connectivity index (χ0n) is 6.55. The van der Waals surface area contributed by atoms with Gasteiger partial charge in [0.15, 0.2) is 0 Å². The summed E-state index contributed by atoms with van der Waals surface area (Å²) >= 11 is 0. The molecular formula is C7H16NOP. The lowest BCUT2D eigenvalue weighted by atomic mass is 10.0. The summed E-state index contributed by atoms with van der Waals surface area (Å²) in [7, 11) is 2.71. The number of rotatable bonds is 6. The van der Waals surface area contributed by atoms with Crippen molar-refractivity contribution in [2.75, 3.05) is 12.7 Å². The van der Waals surface area contributed by atoms with E-state index in [4.69, 9.17) is 0 Å². The maximum atomic E-state index is 9.73. The molecule has 0 fully saturated rings. The van der Waals surface area contributed by atoms with Crippen LogP contribution < -0.4 is 0 Å². The number of nitroso groups, excluding NO2 is 1. The van der Waals surface area contributed by atoms with Gasteiger partial charge in [0.25, 0.3) is 0 Å². The largest absolute Gasteiger partial charge is 0.151 e. The van der Waals surface area contributed by atoms with E-state index in [0.29, 0.717) is 12.5 Å². The topological polar surface area (TPSA) is 29.4 Å². The van der Waals surface area contributed by atoms with Crippen LogP contribution in [0.3, 0.4) is 0 Å². The molecule has 0 amide bonds. The smallest absolute Gasteiger partial charge is 0.0813 e. The summed E-state index contributed by atoms with van der Waals surface area (Å²) in [6.45, 7) is 2.66. The van der Waals surface area contributed by atoms with E-state index in [1.807, 2.05) is 0 Å². The molecule has 0 aromatic rings. The summed E-state index contributed by atoms with van der Waals surface area (Å²) in [5.74, 6) is 0.665. The van der Waals surface area contributed by atoms with E-state index in [1.54, 1.807) is 0 Å². The van der Waals surface area contributed by atoms with Gasteiger partial charge in [-0.05, 0) is 24.9 Å². The Morgan fingerprint density at radius 2 is 2.20 bits per heavy atom. The van der Waals surface area contributed by atoms with E-state index in [0.717, 1.165) is 6.42 Å². The Morgan fingerprint density at radius 1 is 1.50 bits per heavy atom. The third kappa shape index (κ3) is 6.15. The molecule has 3 heteroatoms. The first kappa shape index (κ1) is 10.0. The van der Waals surface area contributed by atoms with Gasteiger partial charge >= 0.3 is 0 Å². The fourth-order valence-corrected chi connectivity index (χ4v) is 1.12. The molecule has 0 radical (unpaired) electrons. The minimum absolute atomic E-state index is 0.484. The van der Waals surface area contributed by atoms with E-state index in [-0.39, 0.29) is 0 Å². The second-order valence-corrected chi connectivity index (χ2v) is 3.25. The van der Waals surface area contributed by atoms with Gasteiger partial charge in [0, 0.05) is 0 Å². The Bertz CT molecular complexity index is 87.7. The standard InChI is InChI=1S/C7H16NOP/c1-7(3-2-6-10)4-5-8-9/h7H,2-6,10H2,1H3. The van der Waals surface area contributed by atoms with Gasteiger partial charge in [-0.15, -0.1) is 9.24 Å². The van der Waals surface area contributed by atoms with Crippen LogP contribution in [0.1, 0.15) is 26.2 Å². The molecule has 0 aliphatic rings. The van der Waals surface area contributed by atoms with Crippen molar-refractivity contribution in [1.82, 2.24) is 0 Å². The highest BCUT2D eigenvalue weighted by molar-refractivity contribution is 7.16. The first-order valence-electron chi connectivity index (χ1n) is 3.80. The fourth-order valence-electron chi connectivity index (χ4n) is 0.884. The van der Waals surface area contributed by atoms with Crippen LogP contribution in [0.4, 0.5) is 0 Å². The van der Waals surface area contributed by atoms with E-state index in [2.05, 4.69) is 21.3 Å². The maximum Gasteiger partial charge on any atom is 0.0813 e. The van der Waals surface area contributed by atoms with Gasteiger partial charge in [0.05, 0.1) is 6.54 Å². The molecule has 10 heavy (non-hydrogen) atoms. The first-order chi connectivity index (χ1) is 4.81. The molecule has 0 heterocycles. The monoisotopic (exact) mass is 161 g/mol. The summed E-state index contributed by atoms with van der Waals surface area (Å²) in [5, 5.41) is 2.83. The van der Waals surface area contributed by atoms with E-state index < -0.39 is 0 Å². The number of hydrogen-bond acceptors (Lipinski definition) is 2. The summed E-state index contributed by atoms with van der Waals surface area (Å²) in [6, 6.07) is 0.